The number of carbonyl (C=O) groups excluding carboxylic acids is 3. The summed E-state index contributed by atoms with van der Waals surface area (Å²) in [7, 11) is 0. The van der Waals surface area contributed by atoms with Gasteiger partial charge in [0.15, 0.2) is 0 Å². The molecule has 1 fully saturated rings. The predicted octanol–water partition coefficient (Wildman–Crippen LogP) is 2.42. The van der Waals surface area contributed by atoms with E-state index in [0.717, 1.165) is 0 Å². The lowest BCUT2D eigenvalue weighted by atomic mass is 10.2. The van der Waals surface area contributed by atoms with Crippen LogP contribution in [0, 0.1) is 5.82 Å². The molecule has 1 unspecified atom stereocenters. The first kappa shape index (κ1) is 21.5. The highest BCUT2D eigenvalue weighted by Gasteiger charge is 2.28. The van der Waals surface area contributed by atoms with Gasteiger partial charge in [0, 0.05) is 31.9 Å². The van der Waals surface area contributed by atoms with Gasteiger partial charge in [-0.25, -0.2) is 14.0 Å². The van der Waals surface area contributed by atoms with Crippen LogP contribution < -0.4 is 10.6 Å². The van der Waals surface area contributed by atoms with Crippen LogP contribution in [0.4, 0.5) is 19.7 Å². The number of nitrogens with one attached hydrogen (secondary N) is 2. The Morgan fingerprint density at radius 3 is 2.11 bits per heavy atom. The minimum Gasteiger partial charge on any atom is -0.444 e. The first-order valence-corrected chi connectivity index (χ1v) is 9.15. The minimum absolute atomic E-state index is 0.232. The topological polar surface area (TPSA) is 91.0 Å². The van der Waals surface area contributed by atoms with E-state index < -0.39 is 17.7 Å². The highest BCUT2D eigenvalue weighted by atomic mass is 19.1. The average molecular weight is 394 g/mol. The summed E-state index contributed by atoms with van der Waals surface area (Å²) in [5, 5.41) is 5.23. The summed E-state index contributed by atoms with van der Waals surface area (Å²) in [4.78, 5) is 39.8. The van der Waals surface area contributed by atoms with Crippen LogP contribution in [0.5, 0.6) is 0 Å². The zero-order chi connectivity index (χ0) is 20.9. The molecule has 0 bridgehead atoms. The van der Waals surface area contributed by atoms with Gasteiger partial charge in [-0.2, -0.15) is 0 Å². The normalized spacial score (nSPS) is 15.6. The fourth-order valence-electron chi connectivity index (χ4n) is 2.69. The number of hydrogen-bond acceptors (Lipinski definition) is 4. The summed E-state index contributed by atoms with van der Waals surface area (Å²) in [6.07, 6.45) is -0.648. The maximum Gasteiger partial charge on any atom is 0.408 e. The summed E-state index contributed by atoms with van der Waals surface area (Å²) < 4.78 is 18.1. The lowest BCUT2D eigenvalue weighted by Gasteiger charge is -2.36. The molecular weight excluding hydrogens is 367 g/mol. The molecule has 0 radical (unpaired) electrons. The second-order valence-electron chi connectivity index (χ2n) is 7.62. The number of carbonyl (C=O) groups is 3. The van der Waals surface area contributed by atoms with Crippen LogP contribution in [-0.2, 0) is 9.53 Å². The number of anilines is 1. The van der Waals surface area contributed by atoms with Crippen LogP contribution in [0.3, 0.4) is 0 Å². The molecule has 1 saturated heterocycles. The fourth-order valence-corrected chi connectivity index (χ4v) is 2.69. The van der Waals surface area contributed by atoms with E-state index in [4.69, 9.17) is 4.74 Å². The van der Waals surface area contributed by atoms with Gasteiger partial charge in [0.1, 0.15) is 17.5 Å². The number of benzene rings is 1. The van der Waals surface area contributed by atoms with Crippen LogP contribution in [0.25, 0.3) is 0 Å². The Balaban J connectivity index is 1.80. The molecule has 154 valence electrons. The lowest BCUT2D eigenvalue weighted by molar-refractivity contribution is -0.134. The number of piperazine rings is 1. The van der Waals surface area contributed by atoms with E-state index in [1.165, 1.54) is 24.3 Å². The lowest BCUT2D eigenvalue weighted by Crippen LogP contribution is -2.56. The summed E-state index contributed by atoms with van der Waals surface area (Å²) in [6.45, 7) is 8.27. The van der Waals surface area contributed by atoms with Gasteiger partial charge in [0.25, 0.3) is 0 Å². The molecule has 0 saturated carbocycles. The Hall–Kier alpha value is -2.84. The molecule has 0 spiro atoms. The van der Waals surface area contributed by atoms with Gasteiger partial charge in [-0.1, -0.05) is 0 Å². The SMILES string of the molecule is CC(NC(=O)OC(C)(C)C)C(=O)N1CCN(C(=O)Nc2ccc(F)cc2)CC1. The van der Waals surface area contributed by atoms with Crippen LogP contribution >= 0.6 is 0 Å². The van der Waals surface area contributed by atoms with Crippen LogP contribution in [-0.4, -0.2) is 65.7 Å². The van der Waals surface area contributed by atoms with Gasteiger partial charge in [-0.05, 0) is 52.0 Å². The van der Waals surface area contributed by atoms with Gasteiger partial charge in [-0.15, -0.1) is 0 Å². The molecule has 2 N–H and O–H groups in total. The molecule has 0 aromatic heterocycles. The van der Waals surface area contributed by atoms with Crippen molar-refractivity contribution in [3.8, 4) is 0 Å². The number of hydrogen-bond donors (Lipinski definition) is 2. The number of urea groups is 1. The summed E-state index contributed by atoms with van der Waals surface area (Å²) in [5.41, 5.74) is -0.142. The molecule has 9 heteroatoms. The second kappa shape index (κ2) is 8.90. The van der Waals surface area contributed by atoms with E-state index in [0.29, 0.717) is 31.9 Å². The van der Waals surface area contributed by atoms with E-state index >= 15 is 0 Å². The number of alkyl carbamates (subject to hydrolysis) is 1. The molecule has 1 heterocycles. The molecule has 28 heavy (non-hydrogen) atoms. The molecule has 0 aliphatic carbocycles. The Morgan fingerprint density at radius 2 is 1.57 bits per heavy atom. The van der Waals surface area contributed by atoms with Gasteiger partial charge < -0.3 is 25.2 Å². The molecule has 1 aliphatic rings. The maximum atomic E-state index is 12.9. The minimum atomic E-state index is -0.727. The zero-order valence-corrected chi connectivity index (χ0v) is 16.6. The molecule has 1 aliphatic heterocycles. The number of amides is 4. The third kappa shape index (κ3) is 6.40. The number of halogens is 1. The van der Waals surface area contributed by atoms with Crippen molar-refractivity contribution in [2.75, 3.05) is 31.5 Å². The van der Waals surface area contributed by atoms with E-state index in [1.807, 2.05) is 0 Å². The maximum absolute atomic E-state index is 12.9. The van der Waals surface area contributed by atoms with Gasteiger partial charge in [-0.3, -0.25) is 4.79 Å². The van der Waals surface area contributed by atoms with E-state index in [2.05, 4.69) is 10.6 Å². The van der Waals surface area contributed by atoms with Crippen molar-refractivity contribution in [1.29, 1.82) is 0 Å². The third-order valence-corrected chi connectivity index (χ3v) is 4.08. The second-order valence-corrected chi connectivity index (χ2v) is 7.62. The standard InChI is InChI=1S/C19H27FN4O4/c1-13(21-18(27)28-19(2,3)4)16(25)23-9-11-24(12-10-23)17(26)22-15-7-5-14(20)6-8-15/h5-8,13H,9-12H2,1-4H3,(H,21,27)(H,22,26). The van der Waals surface area contributed by atoms with E-state index in [1.54, 1.807) is 37.5 Å². The molecular formula is C19H27FN4O4. The Labute approximate surface area is 164 Å². The smallest absolute Gasteiger partial charge is 0.408 e. The zero-order valence-electron chi connectivity index (χ0n) is 16.6. The number of ether oxygens (including phenoxy) is 1. The molecule has 1 aromatic carbocycles. The van der Waals surface area contributed by atoms with Crippen molar-refractivity contribution >= 4 is 23.7 Å². The average Bonchev–Trinajstić information content (AvgIpc) is 2.61. The fraction of sp³-hybridized carbons (Fsp3) is 0.526. The highest BCUT2D eigenvalue weighted by Crippen LogP contribution is 2.12. The first-order valence-electron chi connectivity index (χ1n) is 9.15. The van der Waals surface area contributed by atoms with Gasteiger partial charge in [0.2, 0.25) is 5.91 Å². The molecule has 4 amide bonds. The van der Waals surface area contributed by atoms with Gasteiger partial charge >= 0.3 is 12.1 Å². The summed E-state index contributed by atoms with van der Waals surface area (Å²) >= 11 is 0. The summed E-state index contributed by atoms with van der Waals surface area (Å²) in [5.74, 6) is -0.608. The van der Waals surface area contributed by atoms with Crippen LogP contribution in [0.1, 0.15) is 27.7 Å². The van der Waals surface area contributed by atoms with Crippen molar-refractivity contribution < 1.29 is 23.5 Å². The van der Waals surface area contributed by atoms with Crippen LogP contribution in [0.15, 0.2) is 24.3 Å². The Bertz CT molecular complexity index is 710. The Morgan fingerprint density at radius 1 is 1.04 bits per heavy atom. The molecule has 1 atom stereocenters. The first-order chi connectivity index (χ1) is 13.0. The van der Waals surface area contributed by atoms with Gasteiger partial charge in [0.05, 0.1) is 0 Å². The Kier molecular flexibility index (Phi) is 6.82. The highest BCUT2D eigenvalue weighted by molar-refractivity contribution is 5.90. The third-order valence-electron chi connectivity index (χ3n) is 4.08. The summed E-state index contributed by atoms with van der Waals surface area (Å²) in [6, 6.07) is 4.47. The molecule has 8 nitrogen and oxygen atoms in total. The van der Waals surface area contributed by atoms with Crippen molar-refractivity contribution in [2.45, 2.75) is 39.3 Å². The molecule has 1 aromatic rings. The predicted molar refractivity (Wildman–Crippen MR) is 102 cm³/mol. The van der Waals surface area contributed by atoms with Crippen molar-refractivity contribution in [3.63, 3.8) is 0 Å². The van der Waals surface area contributed by atoms with Crippen molar-refractivity contribution in [3.05, 3.63) is 30.1 Å². The number of rotatable bonds is 3. The van der Waals surface area contributed by atoms with Crippen molar-refractivity contribution in [1.82, 2.24) is 15.1 Å². The largest absolute Gasteiger partial charge is 0.444 e. The quantitative estimate of drug-likeness (QED) is 0.824. The molecule has 2 rings (SSSR count). The number of nitrogens with zero attached hydrogens (tertiary/aromatic N) is 2. The monoisotopic (exact) mass is 394 g/mol. The van der Waals surface area contributed by atoms with E-state index in [9.17, 15) is 18.8 Å². The van der Waals surface area contributed by atoms with Crippen molar-refractivity contribution in [2.24, 2.45) is 0 Å². The van der Waals surface area contributed by atoms with E-state index in [-0.39, 0.29) is 17.8 Å². The van der Waals surface area contributed by atoms with Crippen LogP contribution in [0.2, 0.25) is 0 Å².